The Balaban J connectivity index is 1.45. The van der Waals surface area contributed by atoms with E-state index in [2.05, 4.69) is 5.32 Å². The lowest BCUT2D eigenvalue weighted by Gasteiger charge is -2.14. The van der Waals surface area contributed by atoms with Crippen LogP contribution in [0.4, 0.5) is 11.4 Å². The Bertz CT molecular complexity index is 1340. The SMILES string of the molecule is COc1ccccc1NC(=O)COc1ccc(/C=C2/SC(=S)N(c3ccc(Cl)cc3)C2=O)cc1OC. The van der Waals surface area contributed by atoms with Crippen molar-refractivity contribution in [3.8, 4) is 17.2 Å². The first-order valence-electron chi connectivity index (χ1n) is 10.7. The Morgan fingerprint density at radius 1 is 1.03 bits per heavy atom. The largest absolute Gasteiger partial charge is 0.495 e. The number of anilines is 2. The number of carbonyl (C=O) groups excluding carboxylic acids is 2. The van der Waals surface area contributed by atoms with Crippen molar-refractivity contribution in [1.29, 1.82) is 0 Å². The average molecular weight is 541 g/mol. The molecule has 1 fully saturated rings. The zero-order valence-corrected chi connectivity index (χ0v) is 21.7. The van der Waals surface area contributed by atoms with Crippen molar-refractivity contribution in [1.82, 2.24) is 0 Å². The van der Waals surface area contributed by atoms with Crippen LogP contribution in [0, 0.1) is 0 Å². The van der Waals surface area contributed by atoms with E-state index in [1.54, 1.807) is 66.7 Å². The van der Waals surface area contributed by atoms with E-state index in [9.17, 15) is 9.59 Å². The van der Waals surface area contributed by atoms with E-state index in [0.717, 1.165) is 0 Å². The number of nitrogens with one attached hydrogen (secondary N) is 1. The predicted molar refractivity (Wildman–Crippen MR) is 147 cm³/mol. The summed E-state index contributed by atoms with van der Waals surface area (Å²) in [5.41, 5.74) is 1.92. The van der Waals surface area contributed by atoms with E-state index < -0.39 is 0 Å². The molecule has 1 heterocycles. The highest BCUT2D eigenvalue weighted by molar-refractivity contribution is 8.27. The monoisotopic (exact) mass is 540 g/mol. The molecule has 1 aliphatic heterocycles. The first-order valence-corrected chi connectivity index (χ1v) is 12.3. The van der Waals surface area contributed by atoms with Gasteiger partial charge in [0.25, 0.3) is 11.8 Å². The Labute approximate surface area is 223 Å². The average Bonchev–Trinajstić information content (AvgIpc) is 3.16. The third kappa shape index (κ3) is 5.81. The predicted octanol–water partition coefficient (Wildman–Crippen LogP) is 5.78. The lowest BCUT2D eigenvalue weighted by atomic mass is 10.2. The van der Waals surface area contributed by atoms with Gasteiger partial charge in [-0.25, -0.2) is 0 Å². The Morgan fingerprint density at radius 2 is 1.75 bits per heavy atom. The number of thioether (sulfide) groups is 1. The minimum absolute atomic E-state index is 0.223. The van der Waals surface area contributed by atoms with Crippen LogP contribution in [0.1, 0.15) is 5.56 Å². The van der Waals surface area contributed by atoms with Gasteiger partial charge in [-0.05, 0) is 60.2 Å². The van der Waals surface area contributed by atoms with E-state index in [0.29, 0.717) is 48.4 Å². The highest BCUT2D eigenvalue weighted by Crippen LogP contribution is 2.37. The minimum atomic E-state index is -0.350. The van der Waals surface area contributed by atoms with Crippen LogP contribution in [0.5, 0.6) is 17.2 Å². The number of carbonyl (C=O) groups is 2. The van der Waals surface area contributed by atoms with Crippen LogP contribution in [0.3, 0.4) is 0 Å². The van der Waals surface area contributed by atoms with Crippen LogP contribution in [0.25, 0.3) is 6.08 Å². The van der Waals surface area contributed by atoms with E-state index >= 15 is 0 Å². The normalized spacial score (nSPS) is 14.2. The molecule has 184 valence electrons. The van der Waals surface area contributed by atoms with Crippen molar-refractivity contribution in [2.24, 2.45) is 0 Å². The quantitative estimate of drug-likeness (QED) is 0.286. The topological polar surface area (TPSA) is 77.1 Å². The van der Waals surface area contributed by atoms with Crippen LogP contribution in [0.2, 0.25) is 5.02 Å². The zero-order chi connectivity index (χ0) is 25.7. The van der Waals surface area contributed by atoms with Crippen LogP contribution in [-0.4, -0.2) is 37.0 Å². The van der Waals surface area contributed by atoms with Crippen molar-refractivity contribution in [3.05, 3.63) is 82.2 Å². The molecule has 1 N–H and O–H groups in total. The Hall–Kier alpha value is -3.53. The number of thiocarbonyl (C=S) groups is 1. The van der Waals surface area contributed by atoms with Gasteiger partial charge in [0.2, 0.25) is 0 Å². The minimum Gasteiger partial charge on any atom is -0.495 e. The van der Waals surface area contributed by atoms with E-state index in [-0.39, 0.29) is 18.4 Å². The number of amides is 2. The molecule has 2 amide bonds. The molecule has 1 saturated heterocycles. The van der Waals surface area contributed by atoms with Crippen LogP contribution in [-0.2, 0) is 9.59 Å². The molecule has 10 heteroatoms. The molecule has 36 heavy (non-hydrogen) atoms. The van der Waals surface area contributed by atoms with Crippen LogP contribution in [0.15, 0.2) is 71.6 Å². The second-order valence-corrected chi connectivity index (χ2v) is 9.55. The van der Waals surface area contributed by atoms with Gasteiger partial charge in [-0.1, -0.05) is 53.8 Å². The first-order chi connectivity index (χ1) is 17.4. The summed E-state index contributed by atoms with van der Waals surface area (Å²) < 4.78 is 16.8. The van der Waals surface area contributed by atoms with Gasteiger partial charge in [-0.2, -0.15) is 0 Å². The highest BCUT2D eigenvalue weighted by atomic mass is 35.5. The number of methoxy groups -OCH3 is 2. The number of halogens is 1. The van der Waals surface area contributed by atoms with Gasteiger partial charge in [0.1, 0.15) is 5.75 Å². The van der Waals surface area contributed by atoms with Crippen molar-refractivity contribution in [2.45, 2.75) is 0 Å². The smallest absolute Gasteiger partial charge is 0.270 e. The van der Waals surface area contributed by atoms with Gasteiger partial charge in [-0.3, -0.25) is 14.5 Å². The van der Waals surface area contributed by atoms with Crippen molar-refractivity contribution in [3.63, 3.8) is 0 Å². The van der Waals surface area contributed by atoms with Gasteiger partial charge >= 0.3 is 0 Å². The molecule has 0 aliphatic carbocycles. The molecule has 3 aromatic rings. The number of hydrogen-bond donors (Lipinski definition) is 1. The molecular formula is C26H21ClN2O5S2. The molecule has 0 bridgehead atoms. The molecule has 3 aromatic carbocycles. The summed E-state index contributed by atoms with van der Waals surface area (Å²) in [5, 5.41) is 3.33. The second kappa shape index (κ2) is 11.5. The van der Waals surface area contributed by atoms with E-state index in [1.165, 1.54) is 30.9 Å². The Kier molecular flexibility index (Phi) is 8.14. The maximum absolute atomic E-state index is 13.0. The van der Waals surface area contributed by atoms with Crippen molar-refractivity contribution < 1.29 is 23.8 Å². The molecule has 4 rings (SSSR count). The molecule has 0 spiro atoms. The lowest BCUT2D eigenvalue weighted by Crippen LogP contribution is -2.27. The zero-order valence-electron chi connectivity index (χ0n) is 19.3. The van der Waals surface area contributed by atoms with Gasteiger partial charge in [0, 0.05) is 5.02 Å². The van der Waals surface area contributed by atoms with Crippen molar-refractivity contribution >= 4 is 69.2 Å². The third-order valence-corrected chi connectivity index (χ3v) is 6.66. The fraction of sp³-hybridized carbons (Fsp3) is 0.115. The molecule has 7 nitrogen and oxygen atoms in total. The number of rotatable bonds is 8. The van der Waals surface area contributed by atoms with E-state index in [1.807, 2.05) is 6.07 Å². The van der Waals surface area contributed by atoms with E-state index in [4.69, 9.17) is 38.0 Å². The first kappa shape index (κ1) is 25.6. The van der Waals surface area contributed by atoms with Crippen LogP contribution >= 0.6 is 35.6 Å². The summed E-state index contributed by atoms with van der Waals surface area (Å²) in [6.07, 6.45) is 1.73. The van der Waals surface area contributed by atoms with Gasteiger partial charge < -0.3 is 19.5 Å². The highest BCUT2D eigenvalue weighted by Gasteiger charge is 2.33. The number of para-hydroxylation sites is 2. The summed E-state index contributed by atoms with van der Waals surface area (Å²) in [6, 6.07) is 19.2. The van der Waals surface area contributed by atoms with Gasteiger partial charge in [-0.15, -0.1) is 0 Å². The number of nitrogens with zero attached hydrogens (tertiary/aromatic N) is 1. The third-order valence-electron chi connectivity index (χ3n) is 5.10. The van der Waals surface area contributed by atoms with Crippen molar-refractivity contribution in [2.75, 3.05) is 31.0 Å². The molecule has 0 unspecified atom stereocenters. The molecular weight excluding hydrogens is 520 g/mol. The lowest BCUT2D eigenvalue weighted by molar-refractivity contribution is -0.118. The fourth-order valence-corrected chi connectivity index (χ4v) is 4.83. The summed E-state index contributed by atoms with van der Waals surface area (Å²) in [6.45, 7) is -0.229. The Morgan fingerprint density at radius 3 is 2.47 bits per heavy atom. The number of benzene rings is 3. The molecule has 0 aromatic heterocycles. The number of hydrogen-bond acceptors (Lipinski definition) is 7. The second-order valence-electron chi connectivity index (χ2n) is 7.44. The maximum atomic E-state index is 13.0. The van der Waals surface area contributed by atoms with Crippen LogP contribution < -0.4 is 24.4 Å². The maximum Gasteiger partial charge on any atom is 0.270 e. The molecule has 1 aliphatic rings. The summed E-state index contributed by atoms with van der Waals surface area (Å²) >= 11 is 12.6. The molecule has 0 atom stereocenters. The number of ether oxygens (including phenoxy) is 3. The molecule has 0 saturated carbocycles. The van der Waals surface area contributed by atoms with Gasteiger partial charge in [0.15, 0.2) is 22.4 Å². The summed E-state index contributed by atoms with van der Waals surface area (Å²) in [7, 11) is 3.03. The molecule has 0 radical (unpaired) electrons. The fourth-order valence-electron chi connectivity index (χ4n) is 3.40. The summed E-state index contributed by atoms with van der Waals surface area (Å²) in [4.78, 5) is 27.3. The van der Waals surface area contributed by atoms with Gasteiger partial charge in [0.05, 0.1) is 30.5 Å². The summed E-state index contributed by atoms with van der Waals surface area (Å²) in [5.74, 6) is 0.783. The standard InChI is InChI=1S/C26H21ClN2O5S2/c1-32-20-6-4-3-5-19(20)28-24(30)15-34-21-12-7-16(13-22(21)33-2)14-23-25(31)29(26(35)36-23)18-10-8-17(27)9-11-18/h3-14H,15H2,1-2H3,(H,28,30)/b23-14+.